The van der Waals surface area contributed by atoms with Crippen LogP contribution in [0.15, 0.2) is 12.3 Å². The van der Waals surface area contributed by atoms with Crippen molar-refractivity contribution in [2.75, 3.05) is 13.2 Å². The Balaban J connectivity index is 1.59. The van der Waals surface area contributed by atoms with Gasteiger partial charge >= 0.3 is 0 Å². The number of fused-ring (bicyclic) bond motifs is 1. The number of ether oxygens (including phenoxy) is 1. The van der Waals surface area contributed by atoms with Gasteiger partial charge in [0.2, 0.25) is 5.88 Å². The zero-order valence-electron chi connectivity index (χ0n) is 12.3. The first-order chi connectivity index (χ1) is 10.1. The summed E-state index contributed by atoms with van der Waals surface area (Å²) in [5, 5.41) is 11.4. The van der Waals surface area contributed by atoms with E-state index in [0.29, 0.717) is 31.1 Å². The van der Waals surface area contributed by atoms with Crippen LogP contribution in [0.5, 0.6) is 5.88 Å². The van der Waals surface area contributed by atoms with Gasteiger partial charge in [0.05, 0.1) is 25.0 Å². The summed E-state index contributed by atoms with van der Waals surface area (Å²) in [4.78, 5) is 12.2. The van der Waals surface area contributed by atoms with Gasteiger partial charge in [0.25, 0.3) is 5.91 Å². The lowest BCUT2D eigenvalue weighted by atomic mass is 10.3. The molecule has 0 fully saturated rings. The molecule has 1 amide bonds. The molecule has 112 valence electrons. The van der Waals surface area contributed by atoms with E-state index in [1.807, 2.05) is 24.6 Å². The molecule has 7 heteroatoms. The third-order valence-corrected chi connectivity index (χ3v) is 3.50. The van der Waals surface area contributed by atoms with Gasteiger partial charge in [-0.3, -0.25) is 9.48 Å². The van der Waals surface area contributed by atoms with E-state index >= 15 is 0 Å². The van der Waals surface area contributed by atoms with Crippen LogP contribution in [-0.4, -0.2) is 38.6 Å². The van der Waals surface area contributed by atoms with E-state index in [1.54, 1.807) is 10.9 Å². The van der Waals surface area contributed by atoms with E-state index in [0.717, 1.165) is 24.4 Å². The van der Waals surface area contributed by atoms with E-state index < -0.39 is 0 Å². The third-order valence-electron chi connectivity index (χ3n) is 3.50. The van der Waals surface area contributed by atoms with Gasteiger partial charge in [-0.05, 0) is 19.9 Å². The number of hydrogen-bond acceptors (Lipinski definition) is 4. The number of nitrogens with zero attached hydrogens (tertiary/aromatic N) is 4. The molecule has 0 aliphatic carbocycles. The SMILES string of the molecule is Cc1cc(C)n(CCNC(=O)c2cnn3c2OCCC3)n1. The number of hydrogen-bond donors (Lipinski definition) is 1. The molecule has 0 radical (unpaired) electrons. The molecule has 2 aromatic heterocycles. The maximum Gasteiger partial charge on any atom is 0.258 e. The van der Waals surface area contributed by atoms with Crippen molar-refractivity contribution in [2.24, 2.45) is 0 Å². The third kappa shape index (κ3) is 2.76. The molecule has 3 rings (SSSR count). The van der Waals surface area contributed by atoms with Crippen LogP contribution in [0.3, 0.4) is 0 Å². The van der Waals surface area contributed by atoms with Crippen LogP contribution in [0.2, 0.25) is 0 Å². The second kappa shape index (κ2) is 5.59. The molecule has 0 bridgehead atoms. The summed E-state index contributed by atoms with van der Waals surface area (Å²) in [6, 6.07) is 2.02. The molecule has 0 atom stereocenters. The normalized spacial score (nSPS) is 13.6. The molecule has 21 heavy (non-hydrogen) atoms. The molecule has 0 saturated carbocycles. The Bertz CT molecular complexity index is 658. The average molecular weight is 289 g/mol. The van der Waals surface area contributed by atoms with E-state index in [1.165, 1.54) is 0 Å². The van der Waals surface area contributed by atoms with Gasteiger partial charge in [0.15, 0.2) is 0 Å². The van der Waals surface area contributed by atoms with E-state index in [4.69, 9.17) is 4.74 Å². The summed E-state index contributed by atoms with van der Waals surface area (Å²) in [7, 11) is 0. The number of carbonyl (C=O) groups is 1. The van der Waals surface area contributed by atoms with Crippen LogP contribution in [0.1, 0.15) is 28.2 Å². The minimum atomic E-state index is -0.153. The summed E-state index contributed by atoms with van der Waals surface area (Å²) in [6.07, 6.45) is 2.49. The first-order valence-corrected chi connectivity index (χ1v) is 7.13. The van der Waals surface area contributed by atoms with Crippen molar-refractivity contribution in [3.8, 4) is 5.88 Å². The van der Waals surface area contributed by atoms with Crippen molar-refractivity contribution in [1.82, 2.24) is 24.9 Å². The molecule has 1 aliphatic rings. The highest BCUT2D eigenvalue weighted by Crippen LogP contribution is 2.21. The van der Waals surface area contributed by atoms with Crippen molar-refractivity contribution in [2.45, 2.75) is 33.4 Å². The van der Waals surface area contributed by atoms with Crippen molar-refractivity contribution in [3.05, 3.63) is 29.2 Å². The smallest absolute Gasteiger partial charge is 0.258 e. The van der Waals surface area contributed by atoms with Gasteiger partial charge < -0.3 is 10.1 Å². The molecule has 0 unspecified atom stereocenters. The van der Waals surface area contributed by atoms with Crippen LogP contribution in [0, 0.1) is 13.8 Å². The van der Waals surface area contributed by atoms with Gasteiger partial charge in [-0.15, -0.1) is 0 Å². The molecule has 7 nitrogen and oxygen atoms in total. The largest absolute Gasteiger partial charge is 0.477 e. The number of rotatable bonds is 4. The van der Waals surface area contributed by atoms with Crippen LogP contribution in [-0.2, 0) is 13.1 Å². The quantitative estimate of drug-likeness (QED) is 0.908. The highest BCUT2D eigenvalue weighted by atomic mass is 16.5. The van der Waals surface area contributed by atoms with Gasteiger partial charge in [-0.25, -0.2) is 4.68 Å². The number of aryl methyl sites for hydroxylation is 3. The Morgan fingerprint density at radius 2 is 2.33 bits per heavy atom. The van der Waals surface area contributed by atoms with E-state index in [-0.39, 0.29) is 5.91 Å². The van der Waals surface area contributed by atoms with Gasteiger partial charge in [0.1, 0.15) is 5.56 Å². The Morgan fingerprint density at radius 3 is 3.10 bits per heavy atom. The summed E-state index contributed by atoms with van der Waals surface area (Å²) in [5.74, 6) is 0.421. The molecule has 1 N–H and O–H groups in total. The second-order valence-electron chi connectivity index (χ2n) is 5.19. The monoisotopic (exact) mass is 289 g/mol. The van der Waals surface area contributed by atoms with E-state index in [2.05, 4.69) is 15.5 Å². The molecule has 1 aliphatic heterocycles. The number of amides is 1. The highest BCUT2D eigenvalue weighted by Gasteiger charge is 2.21. The Hall–Kier alpha value is -2.31. The molecule has 0 saturated heterocycles. The lowest BCUT2D eigenvalue weighted by Crippen LogP contribution is -2.28. The van der Waals surface area contributed by atoms with E-state index in [9.17, 15) is 4.79 Å². The predicted molar refractivity (Wildman–Crippen MR) is 76.4 cm³/mol. The molecule has 0 spiro atoms. The number of nitrogens with one attached hydrogen (secondary N) is 1. The van der Waals surface area contributed by atoms with Crippen LogP contribution < -0.4 is 10.1 Å². The standard InChI is InChI=1S/C14H19N5O2/c1-10-8-11(2)18(17-10)6-4-15-13(20)12-9-16-19-5-3-7-21-14(12)19/h8-9H,3-7H2,1-2H3,(H,15,20). The zero-order chi connectivity index (χ0) is 14.8. The minimum Gasteiger partial charge on any atom is -0.477 e. The fourth-order valence-corrected chi connectivity index (χ4v) is 2.50. The van der Waals surface area contributed by atoms with Crippen molar-refractivity contribution in [1.29, 1.82) is 0 Å². The first-order valence-electron chi connectivity index (χ1n) is 7.13. The lowest BCUT2D eigenvalue weighted by Gasteiger charge is -2.15. The Labute approximate surface area is 122 Å². The Kier molecular flexibility index (Phi) is 3.64. The zero-order valence-corrected chi connectivity index (χ0v) is 12.3. The molecular weight excluding hydrogens is 270 g/mol. The average Bonchev–Trinajstić information content (AvgIpc) is 3.02. The fourth-order valence-electron chi connectivity index (χ4n) is 2.50. The maximum atomic E-state index is 12.2. The van der Waals surface area contributed by atoms with Crippen LogP contribution in [0.4, 0.5) is 0 Å². The first kappa shape index (κ1) is 13.7. The predicted octanol–water partition coefficient (Wildman–Crippen LogP) is 0.909. The van der Waals surface area contributed by atoms with Crippen LogP contribution >= 0.6 is 0 Å². The lowest BCUT2D eigenvalue weighted by molar-refractivity contribution is 0.0945. The topological polar surface area (TPSA) is 74.0 Å². The molecular formula is C14H19N5O2. The number of aromatic nitrogens is 4. The molecule has 0 aromatic carbocycles. The second-order valence-corrected chi connectivity index (χ2v) is 5.19. The minimum absolute atomic E-state index is 0.153. The van der Waals surface area contributed by atoms with Crippen molar-refractivity contribution < 1.29 is 9.53 Å². The van der Waals surface area contributed by atoms with Gasteiger partial charge in [-0.1, -0.05) is 0 Å². The van der Waals surface area contributed by atoms with Gasteiger partial charge in [-0.2, -0.15) is 10.2 Å². The van der Waals surface area contributed by atoms with Crippen molar-refractivity contribution >= 4 is 5.91 Å². The number of carbonyl (C=O) groups excluding carboxylic acids is 1. The maximum absolute atomic E-state index is 12.2. The molecule has 2 aromatic rings. The summed E-state index contributed by atoms with van der Waals surface area (Å²) in [5.41, 5.74) is 2.58. The summed E-state index contributed by atoms with van der Waals surface area (Å²) >= 11 is 0. The highest BCUT2D eigenvalue weighted by molar-refractivity contribution is 5.96. The van der Waals surface area contributed by atoms with Gasteiger partial charge in [0, 0.05) is 25.2 Å². The summed E-state index contributed by atoms with van der Waals surface area (Å²) in [6.45, 7) is 6.57. The Morgan fingerprint density at radius 1 is 1.48 bits per heavy atom. The van der Waals surface area contributed by atoms with Crippen molar-refractivity contribution in [3.63, 3.8) is 0 Å². The fraction of sp³-hybridized carbons (Fsp3) is 0.500. The summed E-state index contributed by atoms with van der Waals surface area (Å²) < 4.78 is 9.15. The van der Waals surface area contributed by atoms with Crippen LogP contribution in [0.25, 0.3) is 0 Å². The molecule has 3 heterocycles.